The zero-order valence-corrected chi connectivity index (χ0v) is 10.5. The van der Waals surface area contributed by atoms with Crippen LogP contribution in [0.5, 0.6) is 0 Å². The van der Waals surface area contributed by atoms with E-state index in [1.165, 1.54) is 22.3 Å². The van der Waals surface area contributed by atoms with Gasteiger partial charge in [-0.2, -0.15) is 0 Å². The lowest BCUT2D eigenvalue weighted by molar-refractivity contribution is 0.699. The van der Waals surface area contributed by atoms with E-state index in [2.05, 4.69) is 62.4 Å². The maximum Gasteiger partial charge on any atom is 0.0292 e. The van der Waals surface area contributed by atoms with E-state index >= 15 is 0 Å². The highest BCUT2D eigenvalue weighted by atomic mass is 14.6. The first-order chi connectivity index (χ1) is 8.20. The van der Waals surface area contributed by atoms with Crippen LogP contribution in [0.3, 0.4) is 0 Å². The molecule has 0 aliphatic rings. The van der Waals surface area contributed by atoms with Gasteiger partial charge in [0.15, 0.2) is 0 Å². The van der Waals surface area contributed by atoms with Crippen LogP contribution in [0.4, 0.5) is 0 Å². The summed E-state index contributed by atoms with van der Waals surface area (Å²) in [5.41, 5.74) is 11.0. The van der Waals surface area contributed by atoms with Crippen LogP contribution in [0.15, 0.2) is 48.5 Å². The Labute approximate surface area is 103 Å². The van der Waals surface area contributed by atoms with E-state index in [0.717, 1.165) is 6.42 Å². The predicted molar refractivity (Wildman–Crippen MR) is 73.8 cm³/mol. The third-order valence-electron chi connectivity index (χ3n) is 3.13. The lowest BCUT2D eigenvalue weighted by atomic mass is 9.99. The number of rotatable bonds is 3. The Morgan fingerprint density at radius 3 is 2.29 bits per heavy atom. The molecule has 0 fully saturated rings. The van der Waals surface area contributed by atoms with Crippen molar-refractivity contribution in [1.82, 2.24) is 0 Å². The highest BCUT2D eigenvalue weighted by molar-refractivity contribution is 5.64. The van der Waals surface area contributed by atoms with Crippen LogP contribution in [0.1, 0.15) is 30.5 Å². The molecule has 0 bridgehead atoms. The van der Waals surface area contributed by atoms with Crippen LogP contribution >= 0.6 is 0 Å². The average Bonchev–Trinajstić information content (AvgIpc) is 2.38. The van der Waals surface area contributed by atoms with Crippen molar-refractivity contribution >= 4 is 0 Å². The molecule has 2 rings (SSSR count). The zero-order chi connectivity index (χ0) is 12.3. The van der Waals surface area contributed by atoms with Gasteiger partial charge in [0.2, 0.25) is 0 Å². The quantitative estimate of drug-likeness (QED) is 0.837. The smallest absolute Gasteiger partial charge is 0.0292 e. The van der Waals surface area contributed by atoms with Crippen LogP contribution in [0.25, 0.3) is 11.1 Å². The van der Waals surface area contributed by atoms with Crippen LogP contribution in [-0.4, -0.2) is 0 Å². The second-order valence-electron chi connectivity index (χ2n) is 4.51. The molecule has 0 aromatic heterocycles. The van der Waals surface area contributed by atoms with Gasteiger partial charge >= 0.3 is 0 Å². The van der Waals surface area contributed by atoms with Gasteiger partial charge in [-0.1, -0.05) is 61.0 Å². The average molecular weight is 225 g/mol. The molecule has 1 unspecified atom stereocenters. The minimum atomic E-state index is 0.154. The van der Waals surface area contributed by atoms with Crippen LogP contribution in [0, 0.1) is 6.92 Å². The molecule has 0 saturated carbocycles. The number of hydrogen-bond acceptors (Lipinski definition) is 1. The highest BCUT2D eigenvalue weighted by Gasteiger charge is 2.03. The molecule has 0 aliphatic heterocycles. The van der Waals surface area contributed by atoms with Gasteiger partial charge in [-0.05, 0) is 30.0 Å². The highest BCUT2D eigenvalue weighted by Crippen LogP contribution is 2.22. The lowest BCUT2D eigenvalue weighted by Gasteiger charge is -2.10. The minimum absolute atomic E-state index is 0.154. The fraction of sp³-hybridized carbons (Fsp3) is 0.250. The van der Waals surface area contributed by atoms with E-state index in [9.17, 15) is 0 Å². The summed E-state index contributed by atoms with van der Waals surface area (Å²) in [4.78, 5) is 0. The monoisotopic (exact) mass is 225 g/mol. The lowest BCUT2D eigenvalue weighted by Crippen LogP contribution is -2.07. The molecule has 0 aliphatic carbocycles. The van der Waals surface area contributed by atoms with Crippen molar-refractivity contribution in [3.63, 3.8) is 0 Å². The molecular weight excluding hydrogens is 206 g/mol. The van der Waals surface area contributed by atoms with Gasteiger partial charge in [0.25, 0.3) is 0 Å². The van der Waals surface area contributed by atoms with E-state index in [1.54, 1.807) is 0 Å². The van der Waals surface area contributed by atoms with Crippen LogP contribution in [-0.2, 0) is 0 Å². The normalized spacial score (nSPS) is 12.4. The Balaban J connectivity index is 2.29. The molecule has 1 nitrogen and oxygen atoms in total. The minimum Gasteiger partial charge on any atom is -0.324 e. The van der Waals surface area contributed by atoms with Gasteiger partial charge < -0.3 is 5.73 Å². The third-order valence-corrected chi connectivity index (χ3v) is 3.13. The number of aryl methyl sites for hydroxylation is 1. The van der Waals surface area contributed by atoms with E-state index in [0.29, 0.717) is 0 Å². The molecule has 0 amide bonds. The molecule has 0 radical (unpaired) electrons. The third kappa shape index (κ3) is 2.75. The second-order valence-corrected chi connectivity index (χ2v) is 4.51. The fourth-order valence-electron chi connectivity index (χ4n) is 1.98. The van der Waals surface area contributed by atoms with Gasteiger partial charge in [0.05, 0.1) is 0 Å². The molecule has 0 spiro atoms. The van der Waals surface area contributed by atoms with Crippen molar-refractivity contribution in [2.24, 2.45) is 5.73 Å². The Morgan fingerprint density at radius 1 is 1.00 bits per heavy atom. The summed E-state index contributed by atoms with van der Waals surface area (Å²) in [6, 6.07) is 17.3. The number of benzene rings is 2. The largest absolute Gasteiger partial charge is 0.324 e. The molecule has 2 N–H and O–H groups in total. The molecule has 0 heterocycles. The van der Waals surface area contributed by atoms with Crippen molar-refractivity contribution in [2.75, 3.05) is 0 Å². The molecule has 88 valence electrons. The topological polar surface area (TPSA) is 26.0 Å². The summed E-state index contributed by atoms with van der Waals surface area (Å²) >= 11 is 0. The SMILES string of the molecule is CCC(N)c1ccc(-c2cccc(C)c2)cc1. The summed E-state index contributed by atoms with van der Waals surface area (Å²) in [6.07, 6.45) is 0.976. The second kappa shape index (κ2) is 5.15. The van der Waals surface area contributed by atoms with E-state index in [4.69, 9.17) is 5.73 Å². The van der Waals surface area contributed by atoms with Crippen molar-refractivity contribution in [1.29, 1.82) is 0 Å². The molecule has 1 atom stereocenters. The van der Waals surface area contributed by atoms with Crippen molar-refractivity contribution in [3.05, 3.63) is 59.7 Å². The predicted octanol–water partition coefficient (Wildman–Crippen LogP) is 4.07. The summed E-state index contributed by atoms with van der Waals surface area (Å²) in [6.45, 7) is 4.23. The van der Waals surface area contributed by atoms with E-state index in [1.807, 2.05) is 0 Å². The van der Waals surface area contributed by atoms with Crippen LogP contribution < -0.4 is 5.73 Å². The number of hydrogen-bond donors (Lipinski definition) is 1. The first-order valence-electron chi connectivity index (χ1n) is 6.13. The Hall–Kier alpha value is -1.60. The summed E-state index contributed by atoms with van der Waals surface area (Å²) in [5, 5.41) is 0. The Kier molecular flexibility index (Phi) is 3.60. The van der Waals surface area contributed by atoms with Gasteiger partial charge in [0, 0.05) is 6.04 Å². The van der Waals surface area contributed by atoms with E-state index in [-0.39, 0.29) is 6.04 Å². The van der Waals surface area contributed by atoms with Gasteiger partial charge in [-0.15, -0.1) is 0 Å². The molecular formula is C16H19N. The molecule has 2 aromatic carbocycles. The number of nitrogens with two attached hydrogens (primary N) is 1. The van der Waals surface area contributed by atoms with Crippen molar-refractivity contribution in [3.8, 4) is 11.1 Å². The van der Waals surface area contributed by atoms with Crippen molar-refractivity contribution < 1.29 is 0 Å². The molecule has 1 heteroatoms. The first-order valence-corrected chi connectivity index (χ1v) is 6.13. The molecule has 17 heavy (non-hydrogen) atoms. The van der Waals surface area contributed by atoms with Gasteiger partial charge in [-0.3, -0.25) is 0 Å². The maximum absolute atomic E-state index is 6.01. The maximum atomic E-state index is 6.01. The molecule has 0 saturated heterocycles. The van der Waals surface area contributed by atoms with Gasteiger partial charge in [-0.25, -0.2) is 0 Å². The Bertz CT molecular complexity index is 485. The summed E-state index contributed by atoms with van der Waals surface area (Å²) in [5.74, 6) is 0. The van der Waals surface area contributed by atoms with Crippen LogP contribution in [0.2, 0.25) is 0 Å². The molecule has 2 aromatic rings. The van der Waals surface area contributed by atoms with Crippen molar-refractivity contribution in [2.45, 2.75) is 26.3 Å². The standard InChI is InChI=1S/C16H19N/c1-3-16(17)14-9-7-13(8-10-14)15-6-4-5-12(2)11-15/h4-11,16H,3,17H2,1-2H3. The zero-order valence-electron chi connectivity index (χ0n) is 10.5. The van der Waals surface area contributed by atoms with Gasteiger partial charge in [0.1, 0.15) is 0 Å². The Morgan fingerprint density at radius 2 is 1.71 bits per heavy atom. The summed E-state index contributed by atoms with van der Waals surface area (Å²) < 4.78 is 0. The first kappa shape index (κ1) is 11.9. The summed E-state index contributed by atoms with van der Waals surface area (Å²) in [7, 11) is 0. The fourth-order valence-corrected chi connectivity index (χ4v) is 1.98. The van der Waals surface area contributed by atoms with E-state index < -0.39 is 0 Å².